The van der Waals surface area contributed by atoms with Crippen LogP contribution in [0.25, 0.3) is 22.2 Å². The van der Waals surface area contributed by atoms with Crippen molar-refractivity contribution in [1.82, 2.24) is 9.97 Å². The van der Waals surface area contributed by atoms with Crippen molar-refractivity contribution in [2.24, 2.45) is 0 Å². The number of hydrogen-bond donors (Lipinski definition) is 0. The number of nitrogens with zero attached hydrogens (tertiary/aromatic N) is 2. The molecular weight excluding hydrogens is 176 g/mol. The Hall–Kier alpha value is -1.90. The highest BCUT2D eigenvalue weighted by atomic mass is 16.3. The summed E-state index contributed by atoms with van der Waals surface area (Å²) in [4.78, 5) is 8.49. The van der Waals surface area contributed by atoms with Gasteiger partial charge in [-0.15, -0.1) is 0 Å². The zero-order chi connectivity index (χ0) is 9.54. The molecule has 0 saturated carbocycles. The summed E-state index contributed by atoms with van der Waals surface area (Å²) in [5, 5.41) is 0.987. The first-order valence-corrected chi connectivity index (χ1v) is 4.44. The molecule has 0 unspecified atom stereocenters. The molecule has 3 heteroatoms. The zero-order valence-electron chi connectivity index (χ0n) is 7.69. The van der Waals surface area contributed by atoms with E-state index in [0.717, 1.165) is 22.0 Å². The van der Waals surface area contributed by atoms with Crippen LogP contribution in [0.3, 0.4) is 0 Å². The molecule has 0 aliphatic rings. The first kappa shape index (κ1) is 7.50. The van der Waals surface area contributed by atoms with Crippen LogP contribution in [0, 0.1) is 6.92 Å². The van der Waals surface area contributed by atoms with Gasteiger partial charge in [0.25, 0.3) is 0 Å². The molecule has 0 N–H and O–H groups in total. The van der Waals surface area contributed by atoms with Crippen molar-refractivity contribution >= 4 is 22.2 Å². The molecule has 0 atom stereocenters. The molecule has 68 valence electrons. The van der Waals surface area contributed by atoms with Crippen molar-refractivity contribution in [3.05, 3.63) is 36.2 Å². The minimum Gasteiger partial charge on any atom is -0.436 e. The van der Waals surface area contributed by atoms with E-state index >= 15 is 0 Å². The van der Waals surface area contributed by atoms with E-state index in [1.165, 1.54) is 0 Å². The quantitative estimate of drug-likeness (QED) is 0.539. The van der Waals surface area contributed by atoms with Crippen molar-refractivity contribution in [3.8, 4) is 0 Å². The maximum atomic E-state index is 5.53. The van der Waals surface area contributed by atoms with Gasteiger partial charge < -0.3 is 4.42 Å². The lowest BCUT2D eigenvalue weighted by molar-refractivity contribution is 0.653. The molecule has 0 aliphatic heterocycles. The van der Waals surface area contributed by atoms with Gasteiger partial charge >= 0.3 is 0 Å². The molecule has 0 saturated heterocycles. The van der Waals surface area contributed by atoms with Gasteiger partial charge in [0.15, 0.2) is 5.58 Å². The summed E-state index contributed by atoms with van der Waals surface area (Å²) in [7, 11) is 0. The van der Waals surface area contributed by atoms with E-state index < -0.39 is 0 Å². The number of hydrogen-bond acceptors (Lipinski definition) is 3. The molecule has 3 heterocycles. The molecule has 3 aromatic rings. The monoisotopic (exact) mass is 184 g/mol. The lowest BCUT2D eigenvalue weighted by Crippen LogP contribution is -1.77. The van der Waals surface area contributed by atoms with Gasteiger partial charge in [0.1, 0.15) is 5.52 Å². The van der Waals surface area contributed by atoms with Crippen LogP contribution in [0.2, 0.25) is 0 Å². The molecule has 0 fully saturated rings. The molecule has 3 rings (SSSR count). The van der Waals surface area contributed by atoms with Crippen LogP contribution in [0.15, 0.2) is 35.0 Å². The number of aromatic nitrogens is 2. The fraction of sp³-hybridized carbons (Fsp3) is 0.0909. The van der Waals surface area contributed by atoms with Gasteiger partial charge in [0.2, 0.25) is 5.71 Å². The van der Waals surface area contributed by atoms with Crippen molar-refractivity contribution in [3.63, 3.8) is 0 Å². The van der Waals surface area contributed by atoms with Crippen molar-refractivity contribution in [2.45, 2.75) is 6.92 Å². The highest BCUT2D eigenvalue weighted by Gasteiger charge is 2.07. The van der Waals surface area contributed by atoms with Crippen LogP contribution in [0.5, 0.6) is 0 Å². The molecular formula is C11H8N2O. The second kappa shape index (κ2) is 2.54. The van der Waals surface area contributed by atoms with Gasteiger partial charge in [-0.25, -0.2) is 4.98 Å². The van der Waals surface area contributed by atoms with Gasteiger partial charge in [-0.2, -0.15) is 0 Å². The van der Waals surface area contributed by atoms with Gasteiger partial charge in [0, 0.05) is 12.4 Å². The Kier molecular flexibility index (Phi) is 1.36. The van der Waals surface area contributed by atoms with Gasteiger partial charge in [-0.3, -0.25) is 4.98 Å². The average Bonchev–Trinajstić information content (AvgIpc) is 2.56. The van der Waals surface area contributed by atoms with E-state index in [4.69, 9.17) is 4.42 Å². The maximum absolute atomic E-state index is 5.53. The van der Waals surface area contributed by atoms with Crippen LogP contribution >= 0.6 is 0 Å². The van der Waals surface area contributed by atoms with E-state index in [9.17, 15) is 0 Å². The van der Waals surface area contributed by atoms with Gasteiger partial charge in [0.05, 0.1) is 5.39 Å². The van der Waals surface area contributed by atoms with Crippen LogP contribution in [0.1, 0.15) is 5.56 Å². The summed E-state index contributed by atoms with van der Waals surface area (Å²) in [5.74, 6) is 0. The predicted octanol–water partition coefficient (Wildman–Crippen LogP) is 2.68. The standard InChI is InChI=1S/C11H8N2O/c1-7-5-8-10-9(3-2-4-12-10)14-11(8)13-6-7/h2-6H,1H3. The van der Waals surface area contributed by atoms with Gasteiger partial charge in [-0.05, 0) is 30.7 Å². The molecule has 3 aromatic heterocycles. The normalized spacial score (nSPS) is 11.2. The lowest BCUT2D eigenvalue weighted by atomic mass is 10.2. The second-order valence-electron chi connectivity index (χ2n) is 3.32. The summed E-state index contributed by atoms with van der Waals surface area (Å²) < 4.78 is 5.53. The van der Waals surface area contributed by atoms with E-state index in [2.05, 4.69) is 9.97 Å². The fourth-order valence-electron chi connectivity index (χ4n) is 1.59. The largest absolute Gasteiger partial charge is 0.436 e. The van der Waals surface area contributed by atoms with E-state index in [1.54, 1.807) is 12.4 Å². The first-order valence-electron chi connectivity index (χ1n) is 4.44. The summed E-state index contributed by atoms with van der Waals surface area (Å²) in [6.45, 7) is 2.01. The summed E-state index contributed by atoms with van der Waals surface area (Å²) in [6.07, 6.45) is 3.56. The van der Waals surface area contributed by atoms with Crippen LogP contribution in [-0.2, 0) is 0 Å². The van der Waals surface area contributed by atoms with Crippen molar-refractivity contribution in [1.29, 1.82) is 0 Å². The number of fused-ring (bicyclic) bond motifs is 3. The second-order valence-corrected chi connectivity index (χ2v) is 3.32. The molecule has 14 heavy (non-hydrogen) atoms. The highest BCUT2D eigenvalue weighted by molar-refractivity contribution is 6.00. The number of pyridine rings is 2. The smallest absolute Gasteiger partial charge is 0.228 e. The minimum atomic E-state index is 0.657. The van der Waals surface area contributed by atoms with Crippen LogP contribution in [-0.4, -0.2) is 9.97 Å². The number of aryl methyl sites for hydroxylation is 1. The Balaban J connectivity index is 2.58. The topological polar surface area (TPSA) is 38.9 Å². The summed E-state index contributed by atoms with van der Waals surface area (Å²) in [5.41, 5.74) is 3.45. The number of furan rings is 1. The Morgan fingerprint density at radius 3 is 3.14 bits per heavy atom. The minimum absolute atomic E-state index is 0.657. The average molecular weight is 184 g/mol. The van der Waals surface area contributed by atoms with Crippen LogP contribution in [0.4, 0.5) is 0 Å². The lowest BCUT2D eigenvalue weighted by Gasteiger charge is -1.89. The first-order chi connectivity index (χ1) is 6.84. The van der Waals surface area contributed by atoms with Crippen molar-refractivity contribution < 1.29 is 4.42 Å². The van der Waals surface area contributed by atoms with Gasteiger partial charge in [-0.1, -0.05) is 0 Å². The van der Waals surface area contributed by atoms with E-state index in [-0.39, 0.29) is 0 Å². The third kappa shape index (κ3) is 0.923. The fourth-order valence-corrected chi connectivity index (χ4v) is 1.59. The highest BCUT2D eigenvalue weighted by Crippen LogP contribution is 2.25. The summed E-state index contributed by atoms with van der Waals surface area (Å²) in [6, 6.07) is 5.80. The number of rotatable bonds is 0. The van der Waals surface area contributed by atoms with Crippen molar-refractivity contribution in [2.75, 3.05) is 0 Å². The maximum Gasteiger partial charge on any atom is 0.228 e. The van der Waals surface area contributed by atoms with E-state index in [0.29, 0.717) is 5.71 Å². The molecule has 3 nitrogen and oxygen atoms in total. The Morgan fingerprint density at radius 1 is 1.29 bits per heavy atom. The Morgan fingerprint density at radius 2 is 2.21 bits per heavy atom. The molecule has 0 bridgehead atoms. The zero-order valence-corrected chi connectivity index (χ0v) is 7.69. The summed E-state index contributed by atoms with van der Waals surface area (Å²) >= 11 is 0. The predicted molar refractivity (Wildman–Crippen MR) is 54.0 cm³/mol. The molecule has 0 radical (unpaired) electrons. The van der Waals surface area contributed by atoms with Crippen LogP contribution < -0.4 is 0 Å². The molecule has 0 spiro atoms. The SMILES string of the molecule is Cc1cnc2oc3cccnc3c2c1. The molecule has 0 amide bonds. The molecule has 0 aromatic carbocycles. The third-order valence-electron chi connectivity index (χ3n) is 2.22. The van der Waals surface area contributed by atoms with E-state index in [1.807, 2.05) is 25.1 Å². The third-order valence-corrected chi connectivity index (χ3v) is 2.22. The Labute approximate surface area is 80.4 Å². The Bertz CT molecular complexity index is 613. The molecule has 0 aliphatic carbocycles.